The van der Waals surface area contributed by atoms with Gasteiger partial charge in [-0.3, -0.25) is 0 Å². The van der Waals surface area contributed by atoms with Gasteiger partial charge in [0.1, 0.15) is 0 Å². The Morgan fingerprint density at radius 3 is 2.33 bits per heavy atom. The van der Waals surface area contributed by atoms with Crippen LogP contribution in [0.5, 0.6) is 0 Å². The third kappa shape index (κ3) is 6.63. The Labute approximate surface area is 163 Å². The summed E-state index contributed by atoms with van der Waals surface area (Å²) in [6.45, 7) is 7.80. The molecule has 0 aromatic rings. The van der Waals surface area contributed by atoms with Gasteiger partial charge in [-0.1, -0.05) is 49.8 Å². The van der Waals surface area contributed by atoms with Crippen molar-refractivity contribution in [3.63, 3.8) is 0 Å². The van der Waals surface area contributed by atoms with E-state index in [0.717, 1.165) is 30.1 Å². The average molecular weight is 394 g/mol. The van der Waals surface area contributed by atoms with Crippen LogP contribution < -0.4 is 0 Å². The van der Waals surface area contributed by atoms with Crippen LogP contribution in [0.25, 0.3) is 0 Å². The summed E-state index contributed by atoms with van der Waals surface area (Å²) >= 11 is 0. The zero-order valence-corrected chi connectivity index (χ0v) is 17.9. The van der Waals surface area contributed by atoms with E-state index in [2.05, 4.69) is 13.8 Å². The number of carbonyl (C=O) groups is 1. The molecule has 0 fully saturated rings. The van der Waals surface area contributed by atoms with Gasteiger partial charge in [-0.05, 0) is 49.7 Å². The topological polar surface area (TPSA) is 74.7 Å². The summed E-state index contributed by atoms with van der Waals surface area (Å²) in [4.78, 5) is 11.1. The Hall–Kier alpha value is -1.92. The van der Waals surface area contributed by atoms with Gasteiger partial charge in [0.2, 0.25) is 10.0 Å². The molecule has 0 spiro atoms. The highest BCUT2D eigenvalue weighted by Crippen LogP contribution is 2.43. The number of carboxylic acid groups (broad SMARTS) is 1. The molecule has 1 N–H and O–H groups in total. The van der Waals surface area contributed by atoms with Gasteiger partial charge >= 0.3 is 5.97 Å². The van der Waals surface area contributed by atoms with Crippen LogP contribution in [0.1, 0.15) is 47.0 Å². The highest BCUT2D eigenvalue weighted by Gasteiger charge is 2.34. The first-order valence-corrected chi connectivity index (χ1v) is 10.4. The number of carboxylic acids is 1. The minimum Gasteiger partial charge on any atom is -0.478 e. The maximum atomic E-state index is 12.7. The third-order valence-electron chi connectivity index (χ3n) is 4.61. The zero-order valence-electron chi connectivity index (χ0n) is 17.1. The second-order valence-corrected chi connectivity index (χ2v) is 9.86. The Morgan fingerprint density at radius 1 is 1.15 bits per heavy atom. The summed E-state index contributed by atoms with van der Waals surface area (Å²) in [5, 5.41) is 8.70. The number of hydrogen-bond donors (Lipinski definition) is 1. The fourth-order valence-electron chi connectivity index (χ4n) is 3.01. The molecule has 1 rings (SSSR count). The minimum atomic E-state index is -3.44. The molecule has 0 aromatic heterocycles. The van der Waals surface area contributed by atoms with Crippen molar-refractivity contribution < 1.29 is 18.3 Å². The van der Waals surface area contributed by atoms with E-state index >= 15 is 0 Å². The maximum Gasteiger partial charge on any atom is 0.328 e. The van der Waals surface area contributed by atoms with Crippen LogP contribution in [0.3, 0.4) is 0 Å². The fourth-order valence-corrected chi connectivity index (χ4v) is 4.47. The first-order valence-electron chi connectivity index (χ1n) is 8.98. The third-order valence-corrected chi connectivity index (χ3v) is 6.62. The van der Waals surface area contributed by atoms with Crippen LogP contribution in [0.2, 0.25) is 0 Å². The van der Waals surface area contributed by atoms with Gasteiger partial charge in [0.15, 0.2) is 0 Å². The molecular weight excluding hydrogens is 362 g/mol. The van der Waals surface area contributed by atoms with Crippen LogP contribution in [0.15, 0.2) is 58.1 Å². The van der Waals surface area contributed by atoms with Gasteiger partial charge in [0, 0.05) is 20.2 Å². The molecule has 0 saturated heterocycles. The Kier molecular flexibility index (Phi) is 7.99. The van der Waals surface area contributed by atoms with Gasteiger partial charge < -0.3 is 5.11 Å². The zero-order chi connectivity index (χ0) is 20.8. The lowest BCUT2D eigenvalue weighted by Gasteiger charge is -2.34. The highest BCUT2D eigenvalue weighted by atomic mass is 32.2. The molecule has 150 valence electrons. The molecule has 0 aliphatic heterocycles. The predicted octanol–water partition coefficient (Wildman–Crippen LogP) is 4.43. The quantitative estimate of drug-likeness (QED) is 0.513. The maximum absolute atomic E-state index is 12.7. The lowest BCUT2D eigenvalue weighted by Crippen LogP contribution is -2.30. The van der Waals surface area contributed by atoms with Crippen LogP contribution in [-0.4, -0.2) is 37.9 Å². The molecule has 0 aromatic carbocycles. The summed E-state index contributed by atoms with van der Waals surface area (Å²) in [7, 11) is -0.315. The molecule has 0 atom stereocenters. The summed E-state index contributed by atoms with van der Waals surface area (Å²) in [5.41, 5.74) is 2.25. The predicted molar refractivity (Wildman–Crippen MR) is 111 cm³/mol. The van der Waals surface area contributed by atoms with Crippen LogP contribution in [-0.2, 0) is 14.8 Å². The number of nitrogens with zero attached hydrogens (tertiary/aromatic N) is 1. The molecule has 0 bridgehead atoms. The number of sulfonamides is 1. The molecule has 0 heterocycles. The smallest absolute Gasteiger partial charge is 0.328 e. The van der Waals surface area contributed by atoms with E-state index in [4.69, 9.17) is 5.11 Å². The SMILES string of the molecule is CC(/C=C/C1=C(S(=O)(=O)N(C)C)CCCC1(C)C)=C\C=C\C(C)=C\C(=O)O. The lowest BCUT2D eigenvalue weighted by atomic mass is 9.75. The molecule has 0 radical (unpaired) electrons. The molecule has 6 heteroatoms. The molecule has 0 saturated carbocycles. The van der Waals surface area contributed by atoms with Crippen molar-refractivity contribution in [2.75, 3.05) is 14.1 Å². The molecule has 5 nitrogen and oxygen atoms in total. The van der Waals surface area contributed by atoms with E-state index in [1.807, 2.05) is 25.2 Å². The van der Waals surface area contributed by atoms with E-state index in [-0.39, 0.29) is 5.41 Å². The summed E-state index contributed by atoms with van der Waals surface area (Å²) in [6.07, 6.45) is 12.7. The minimum absolute atomic E-state index is 0.204. The first kappa shape index (κ1) is 23.1. The van der Waals surface area contributed by atoms with Gasteiger partial charge in [-0.25, -0.2) is 17.5 Å². The van der Waals surface area contributed by atoms with Crippen molar-refractivity contribution in [2.24, 2.45) is 5.41 Å². The normalized spacial score (nSPS) is 19.5. The van der Waals surface area contributed by atoms with E-state index < -0.39 is 16.0 Å². The standard InChI is InChI=1S/C21H31NO4S/c1-16(9-7-10-17(2)15-20(23)24)12-13-18-19(27(25,26)22(5)6)11-8-14-21(18,3)4/h7,9-10,12-13,15H,8,11,14H2,1-6H3,(H,23,24)/b10-7+,13-12+,16-9+,17-15+. The van der Waals surface area contributed by atoms with E-state index in [9.17, 15) is 13.2 Å². The van der Waals surface area contributed by atoms with Crippen molar-refractivity contribution in [1.29, 1.82) is 0 Å². The molecular formula is C21H31NO4S. The molecule has 0 unspecified atom stereocenters. The molecule has 1 aliphatic rings. The number of hydrogen-bond acceptors (Lipinski definition) is 3. The Balaban J connectivity index is 3.20. The van der Waals surface area contributed by atoms with E-state index in [1.54, 1.807) is 33.2 Å². The van der Waals surface area contributed by atoms with Crippen molar-refractivity contribution in [3.05, 3.63) is 58.1 Å². The monoisotopic (exact) mass is 393 g/mol. The molecule has 1 aliphatic carbocycles. The fraction of sp³-hybridized carbons (Fsp3) is 0.476. The van der Waals surface area contributed by atoms with Gasteiger partial charge in [-0.15, -0.1) is 0 Å². The number of rotatable bonds is 7. The van der Waals surface area contributed by atoms with Crippen molar-refractivity contribution in [1.82, 2.24) is 4.31 Å². The summed E-state index contributed by atoms with van der Waals surface area (Å²) in [5.74, 6) is -0.973. The van der Waals surface area contributed by atoms with Crippen molar-refractivity contribution in [2.45, 2.75) is 47.0 Å². The van der Waals surface area contributed by atoms with E-state index in [1.165, 1.54) is 4.31 Å². The van der Waals surface area contributed by atoms with Gasteiger partial charge in [0.05, 0.1) is 4.91 Å². The van der Waals surface area contributed by atoms with Crippen LogP contribution in [0.4, 0.5) is 0 Å². The Bertz CT molecular complexity index is 822. The highest BCUT2D eigenvalue weighted by molar-refractivity contribution is 7.93. The molecule has 0 amide bonds. The van der Waals surface area contributed by atoms with Gasteiger partial charge in [0.25, 0.3) is 0 Å². The summed E-state index contributed by atoms with van der Waals surface area (Å²) in [6, 6.07) is 0. The second-order valence-electron chi connectivity index (χ2n) is 7.69. The van der Waals surface area contributed by atoms with Crippen LogP contribution in [0, 0.1) is 5.41 Å². The average Bonchev–Trinajstić information content (AvgIpc) is 2.51. The van der Waals surface area contributed by atoms with Crippen molar-refractivity contribution >= 4 is 16.0 Å². The Morgan fingerprint density at radius 2 is 1.78 bits per heavy atom. The first-order chi connectivity index (χ1) is 12.4. The molecule has 27 heavy (non-hydrogen) atoms. The summed E-state index contributed by atoms with van der Waals surface area (Å²) < 4.78 is 26.7. The van der Waals surface area contributed by atoms with Gasteiger partial charge in [-0.2, -0.15) is 0 Å². The van der Waals surface area contributed by atoms with E-state index in [0.29, 0.717) is 16.9 Å². The largest absolute Gasteiger partial charge is 0.478 e. The van der Waals surface area contributed by atoms with Crippen LogP contribution >= 0.6 is 0 Å². The number of allylic oxidation sites excluding steroid dienone is 9. The second kappa shape index (κ2) is 9.33. The van der Waals surface area contributed by atoms with Crippen molar-refractivity contribution in [3.8, 4) is 0 Å². The number of aliphatic carboxylic acids is 1. The lowest BCUT2D eigenvalue weighted by molar-refractivity contribution is -0.131.